The van der Waals surface area contributed by atoms with Crippen molar-refractivity contribution in [3.05, 3.63) is 35.0 Å². The van der Waals surface area contributed by atoms with Gasteiger partial charge in [-0.3, -0.25) is 14.4 Å². The number of hydrogen-bond donors (Lipinski definition) is 4. The van der Waals surface area contributed by atoms with Gasteiger partial charge in [0.2, 0.25) is 11.8 Å². The molecule has 2 heterocycles. The highest BCUT2D eigenvalue weighted by molar-refractivity contribution is 6.31. The molecule has 27 heavy (non-hydrogen) atoms. The molecule has 0 saturated carbocycles. The van der Waals surface area contributed by atoms with E-state index in [0.717, 1.165) is 5.52 Å². The average Bonchev–Trinajstić information content (AvgIpc) is 3.25. The first-order valence-electron chi connectivity index (χ1n) is 8.55. The Morgan fingerprint density at radius 2 is 2.19 bits per heavy atom. The van der Waals surface area contributed by atoms with E-state index in [1.807, 2.05) is 0 Å². The Kier molecular flexibility index (Phi) is 5.75. The fourth-order valence-corrected chi connectivity index (χ4v) is 3.29. The number of H-pyrrole nitrogens is 1. The van der Waals surface area contributed by atoms with Crippen LogP contribution in [0.25, 0.3) is 10.9 Å². The number of aromatic amines is 1. The summed E-state index contributed by atoms with van der Waals surface area (Å²) >= 11 is 5.96. The van der Waals surface area contributed by atoms with Crippen LogP contribution >= 0.6 is 11.6 Å². The summed E-state index contributed by atoms with van der Waals surface area (Å²) < 4.78 is 0. The molecule has 1 aliphatic rings. The van der Waals surface area contributed by atoms with Crippen LogP contribution in [0.1, 0.15) is 23.2 Å². The van der Waals surface area contributed by atoms with Gasteiger partial charge in [0.15, 0.2) is 0 Å². The number of halogens is 1. The number of carbonyl (C=O) groups is 4. The Bertz CT molecular complexity index is 895. The largest absolute Gasteiger partial charge is 0.360 e. The molecular weight excluding hydrogens is 372 g/mol. The maximum absolute atomic E-state index is 12.3. The van der Waals surface area contributed by atoms with Gasteiger partial charge in [-0.05, 0) is 31.0 Å². The van der Waals surface area contributed by atoms with Crippen LogP contribution in [0.4, 0.5) is 0 Å². The first-order valence-corrected chi connectivity index (χ1v) is 8.93. The molecule has 0 spiro atoms. The van der Waals surface area contributed by atoms with Gasteiger partial charge in [0.1, 0.15) is 6.29 Å². The molecule has 0 aliphatic carbocycles. The van der Waals surface area contributed by atoms with Gasteiger partial charge in [-0.1, -0.05) is 11.6 Å². The van der Waals surface area contributed by atoms with Crippen LogP contribution in [0.15, 0.2) is 24.4 Å². The fraction of sp³-hybridized carbons (Fsp3) is 0.333. The number of rotatable bonds is 7. The first-order chi connectivity index (χ1) is 13.0. The van der Waals surface area contributed by atoms with Crippen molar-refractivity contribution in [3.63, 3.8) is 0 Å². The van der Waals surface area contributed by atoms with Crippen LogP contribution in [-0.2, 0) is 14.4 Å². The second-order valence-corrected chi connectivity index (χ2v) is 6.83. The summed E-state index contributed by atoms with van der Waals surface area (Å²) in [6.07, 6.45) is 3.03. The van der Waals surface area contributed by atoms with E-state index in [4.69, 9.17) is 11.6 Å². The fourth-order valence-electron chi connectivity index (χ4n) is 3.12. The van der Waals surface area contributed by atoms with Crippen molar-refractivity contribution in [3.8, 4) is 0 Å². The van der Waals surface area contributed by atoms with E-state index in [1.165, 1.54) is 0 Å². The summed E-state index contributed by atoms with van der Waals surface area (Å²) in [7, 11) is 0. The van der Waals surface area contributed by atoms with E-state index in [9.17, 15) is 19.2 Å². The van der Waals surface area contributed by atoms with Gasteiger partial charge in [-0.15, -0.1) is 0 Å². The molecule has 2 aromatic rings. The summed E-state index contributed by atoms with van der Waals surface area (Å²) in [6.45, 7) is 0.293. The number of aldehydes is 1. The molecule has 0 bridgehead atoms. The molecule has 142 valence electrons. The van der Waals surface area contributed by atoms with Gasteiger partial charge < -0.3 is 25.7 Å². The van der Waals surface area contributed by atoms with Crippen molar-refractivity contribution in [2.45, 2.75) is 18.9 Å². The van der Waals surface area contributed by atoms with Crippen molar-refractivity contribution in [1.29, 1.82) is 0 Å². The molecule has 1 aromatic carbocycles. The predicted molar refractivity (Wildman–Crippen MR) is 99.4 cm³/mol. The van der Waals surface area contributed by atoms with E-state index in [0.29, 0.717) is 35.2 Å². The van der Waals surface area contributed by atoms with Gasteiger partial charge in [-0.2, -0.15) is 0 Å². The molecule has 3 amide bonds. The van der Waals surface area contributed by atoms with Crippen LogP contribution in [0, 0.1) is 5.92 Å². The van der Waals surface area contributed by atoms with Crippen molar-refractivity contribution >= 4 is 46.5 Å². The molecule has 0 radical (unpaired) electrons. The zero-order valence-electron chi connectivity index (χ0n) is 14.4. The Labute approximate surface area is 160 Å². The molecule has 2 atom stereocenters. The summed E-state index contributed by atoms with van der Waals surface area (Å²) in [6, 6.07) is 4.36. The minimum atomic E-state index is -0.768. The second-order valence-electron chi connectivity index (χ2n) is 6.40. The van der Waals surface area contributed by atoms with Crippen LogP contribution in [0.3, 0.4) is 0 Å². The quantitative estimate of drug-likeness (QED) is 0.521. The molecule has 2 unspecified atom stereocenters. The maximum atomic E-state index is 12.3. The van der Waals surface area contributed by atoms with Gasteiger partial charge >= 0.3 is 0 Å². The number of fused-ring (bicyclic) bond motifs is 1. The lowest BCUT2D eigenvalue weighted by Crippen LogP contribution is -2.43. The normalized spacial score (nSPS) is 17.4. The third-order valence-corrected chi connectivity index (χ3v) is 4.74. The van der Waals surface area contributed by atoms with Crippen LogP contribution in [-0.4, -0.2) is 48.1 Å². The van der Waals surface area contributed by atoms with Crippen molar-refractivity contribution < 1.29 is 19.2 Å². The highest BCUT2D eigenvalue weighted by atomic mass is 35.5. The summed E-state index contributed by atoms with van der Waals surface area (Å²) in [4.78, 5) is 50.1. The lowest BCUT2D eigenvalue weighted by molar-refractivity contribution is -0.125. The molecule has 1 fully saturated rings. The number of aromatic nitrogens is 1. The van der Waals surface area contributed by atoms with E-state index >= 15 is 0 Å². The van der Waals surface area contributed by atoms with Crippen molar-refractivity contribution in [2.75, 3.05) is 13.1 Å². The minimum Gasteiger partial charge on any atom is -0.360 e. The highest BCUT2D eigenvalue weighted by Gasteiger charge is 2.27. The molecule has 1 aliphatic heterocycles. The van der Waals surface area contributed by atoms with Gasteiger partial charge in [-0.25, -0.2) is 0 Å². The van der Waals surface area contributed by atoms with Gasteiger partial charge in [0.25, 0.3) is 5.91 Å². The molecule has 9 heteroatoms. The van der Waals surface area contributed by atoms with Crippen molar-refractivity contribution in [1.82, 2.24) is 20.9 Å². The SMILES string of the molecule is O=CC(CC1CCNC1=O)NC(=O)CNC(=O)c1c[nH]c2ccc(Cl)cc12. The Morgan fingerprint density at radius 1 is 1.37 bits per heavy atom. The number of hydrogen-bond acceptors (Lipinski definition) is 4. The van der Waals surface area contributed by atoms with Crippen LogP contribution in [0.5, 0.6) is 0 Å². The van der Waals surface area contributed by atoms with Crippen LogP contribution < -0.4 is 16.0 Å². The van der Waals surface area contributed by atoms with E-state index in [1.54, 1.807) is 24.4 Å². The Hall–Kier alpha value is -2.87. The van der Waals surface area contributed by atoms with E-state index in [2.05, 4.69) is 20.9 Å². The van der Waals surface area contributed by atoms with Crippen molar-refractivity contribution in [2.24, 2.45) is 5.92 Å². The smallest absolute Gasteiger partial charge is 0.253 e. The molecule has 1 aromatic heterocycles. The first kappa shape index (κ1) is 18.9. The monoisotopic (exact) mass is 390 g/mol. The number of carbonyl (C=O) groups excluding carboxylic acids is 4. The Balaban J connectivity index is 1.54. The molecule has 4 N–H and O–H groups in total. The summed E-state index contributed by atoms with van der Waals surface area (Å²) in [5.74, 6) is -1.33. The van der Waals surface area contributed by atoms with Gasteiger partial charge in [0.05, 0.1) is 18.2 Å². The molecule has 1 saturated heterocycles. The predicted octanol–water partition coefficient (Wildman–Crippen LogP) is 0.761. The lowest BCUT2D eigenvalue weighted by Gasteiger charge is -2.15. The Morgan fingerprint density at radius 3 is 2.89 bits per heavy atom. The standard InChI is InChI=1S/C18H19ClN4O4/c19-11-1-2-15-13(6-11)14(7-21-15)18(27)22-8-16(25)23-12(9-24)5-10-3-4-20-17(10)26/h1-2,6-7,9-10,12,21H,3-5,8H2,(H,20,26)(H,22,27)(H,23,25). The number of amides is 3. The summed E-state index contributed by atoms with van der Waals surface area (Å²) in [5.41, 5.74) is 1.12. The average molecular weight is 391 g/mol. The zero-order chi connectivity index (χ0) is 19.4. The molecule has 3 rings (SSSR count). The van der Waals surface area contributed by atoms with E-state index in [-0.39, 0.29) is 24.8 Å². The topological polar surface area (TPSA) is 120 Å². The maximum Gasteiger partial charge on any atom is 0.253 e. The van der Waals surface area contributed by atoms with Gasteiger partial charge in [0, 0.05) is 34.6 Å². The third kappa shape index (κ3) is 4.46. The molecular formula is C18H19ClN4O4. The number of nitrogens with one attached hydrogen (secondary N) is 4. The second kappa shape index (κ2) is 8.22. The highest BCUT2D eigenvalue weighted by Crippen LogP contribution is 2.22. The summed E-state index contributed by atoms with van der Waals surface area (Å²) in [5, 5.41) is 8.89. The zero-order valence-corrected chi connectivity index (χ0v) is 15.1. The lowest BCUT2D eigenvalue weighted by atomic mass is 9.99. The third-order valence-electron chi connectivity index (χ3n) is 4.51. The van der Waals surface area contributed by atoms with Crippen LogP contribution in [0.2, 0.25) is 5.02 Å². The minimum absolute atomic E-state index is 0.109. The molecule has 8 nitrogen and oxygen atoms in total. The number of benzene rings is 1. The van der Waals surface area contributed by atoms with E-state index < -0.39 is 17.9 Å².